The van der Waals surface area contributed by atoms with Crippen LogP contribution in [0.5, 0.6) is 11.5 Å². The molecule has 2 aromatic carbocycles. The zero-order valence-corrected chi connectivity index (χ0v) is 17.3. The number of rotatable bonds is 6. The van der Waals surface area contributed by atoms with Crippen LogP contribution >= 0.6 is 23.2 Å². The number of hydrogen-bond acceptors (Lipinski definition) is 4. The summed E-state index contributed by atoms with van der Waals surface area (Å²) < 4.78 is 46.0. The molecule has 150 valence electrons. The first kappa shape index (κ1) is 20.9. The van der Waals surface area contributed by atoms with Gasteiger partial charge in [-0.3, -0.25) is 4.79 Å². The summed E-state index contributed by atoms with van der Waals surface area (Å²) in [7, 11) is -3.84. The van der Waals surface area contributed by atoms with Crippen molar-refractivity contribution >= 4 is 39.1 Å². The molecular formula is C19H18Cl2FNO4S. The molecule has 0 radical (unpaired) electrons. The van der Waals surface area contributed by atoms with Crippen molar-refractivity contribution in [3.05, 3.63) is 57.3 Å². The van der Waals surface area contributed by atoms with Gasteiger partial charge in [0.05, 0.1) is 16.3 Å². The first-order chi connectivity index (χ1) is 13.1. The summed E-state index contributed by atoms with van der Waals surface area (Å²) in [5, 5.41) is 0.432. The molecule has 0 heterocycles. The maximum Gasteiger partial charge on any atom is 0.267 e. The number of sulfonamides is 1. The summed E-state index contributed by atoms with van der Waals surface area (Å²) in [5.41, 5.74) is 0.373. The van der Waals surface area contributed by atoms with Gasteiger partial charge in [0.2, 0.25) is 10.0 Å². The van der Waals surface area contributed by atoms with Crippen molar-refractivity contribution in [3.63, 3.8) is 0 Å². The van der Waals surface area contributed by atoms with Gasteiger partial charge in [0, 0.05) is 11.1 Å². The molecule has 5 nitrogen and oxygen atoms in total. The largest absolute Gasteiger partial charge is 0.456 e. The summed E-state index contributed by atoms with van der Waals surface area (Å²) in [6.07, 6.45) is 2.60. The highest BCUT2D eigenvalue weighted by molar-refractivity contribution is 7.90. The highest BCUT2D eigenvalue weighted by Crippen LogP contribution is 2.33. The van der Waals surface area contributed by atoms with E-state index in [1.54, 1.807) is 18.2 Å². The third kappa shape index (κ3) is 4.96. The summed E-state index contributed by atoms with van der Waals surface area (Å²) in [5.74, 6) is -1.80. The molecule has 0 spiro atoms. The average molecular weight is 446 g/mol. The highest BCUT2D eigenvalue weighted by atomic mass is 35.5. The van der Waals surface area contributed by atoms with Crippen molar-refractivity contribution in [1.29, 1.82) is 0 Å². The Bertz CT molecular complexity index is 1020. The van der Waals surface area contributed by atoms with E-state index >= 15 is 0 Å². The van der Waals surface area contributed by atoms with Crippen LogP contribution in [-0.2, 0) is 10.0 Å². The van der Waals surface area contributed by atoms with Crippen LogP contribution in [0.2, 0.25) is 10.0 Å². The van der Waals surface area contributed by atoms with Crippen LogP contribution in [0.15, 0.2) is 30.3 Å². The van der Waals surface area contributed by atoms with Crippen LogP contribution in [0.25, 0.3) is 0 Å². The Hall–Kier alpha value is -1.83. The Kier molecular flexibility index (Phi) is 6.17. The molecule has 1 aliphatic rings. The second-order valence-corrected chi connectivity index (χ2v) is 9.37. The van der Waals surface area contributed by atoms with Gasteiger partial charge in [-0.1, -0.05) is 35.7 Å². The van der Waals surface area contributed by atoms with E-state index in [4.69, 9.17) is 27.9 Å². The Morgan fingerprint density at radius 3 is 2.54 bits per heavy atom. The van der Waals surface area contributed by atoms with Gasteiger partial charge in [-0.15, -0.1) is 0 Å². The summed E-state index contributed by atoms with van der Waals surface area (Å²) in [4.78, 5) is 12.2. The average Bonchev–Trinajstić information content (AvgIpc) is 2.57. The van der Waals surface area contributed by atoms with Crippen LogP contribution in [0.1, 0.15) is 35.2 Å². The topological polar surface area (TPSA) is 72.5 Å². The zero-order valence-electron chi connectivity index (χ0n) is 15.0. The Morgan fingerprint density at radius 1 is 1.21 bits per heavy atom. The molecular weight excluding hydrogens is 428 g/mol. The lowest BCUT2D eigenvalue weighted by Crippen LogP contribution is -2.36. The fraction of sp³-hybridized carbons (Fsp3) is 0.316. The standard InChI is InChI=1S/C19H18Cl2FNO4S/c1-11-5-6-13(7-15(11)20)27-18-9-17(22)14(8-16(18)21)19(24)23-28(25,26)10-12-3-2-4-12/h5-9,12H,2-4,10H2,1H3,(H,23,24). The number of nitrogens with one attached hydrogen (secondary N) is 1. The maximum absolute atomic E-state index is 14.4. The maximum atomic E-state index is 14.4. The second-order valence-electron chi connectivity index (χ2n) is 6.79. The van der Waals surface area contributed by atoms with Crippen LogP contribution in [-0.4, -0.2) is 20.1 Å². The van der Waals surface area contributed by atoms with Crippen molar-refractivity contribution in [3.8, 4) is 11.5 Å². The molecule has 0 aromatic heterocycles. The Balaban J connectivity index is 1.76. The van der Waals surface area contributed by atoms with Gasteiger partial charge >= 0.3 is 0 Å². The number of amides is 1. The lowest BCUT2D eigenvalue weighted by Gasteiger charge is -2.24. The summed E-state index contributed by atoms with van der Waals surface area (Å²) in [6.45, 7) is 1.82. The van der Waals surface area contributed by atoms with Crippen LogP contribution in [0.4, 0.5) is 4.39 Å². The number of carbonyl (C=O) groups excluding carboxylic acids is 1. The third-order valence-corrected chi connectivity index (χ3v) is 6.67. The smallest absolute Gasteiger partial charge is 0.267 e. The van der Waals surface area contributed by atoms with E-state index in [1.165, 1.54) is 0 Å². The van der Waals surface area contributed by atoms with Gasteiger partial charge in [-0.25, -0.2) is 17.5 Å². The fourth-order valence-corrected chi connectivity index (χ4v) is 4.55. The number of benzene rings is 2. The molecule has 0 bridgehead atoms. The molecule has 3 rings (SSSR count). The normalized spacial score (nSPS) is 14.4. The molecule has 1 amide bonds. The molecule has 1 fully saturated rings. The minimum atomic E-state index is -3.84. The number of ether oxygens (including phenoxy) is 1. The summed E-state index contributed by atoms with van der Waals surface area (Å²) >= 11 is 12.1. The van der Waals surface area contributed by atoms with Gasteiger partial charge < -0.3 is 4.74 Å². The van der Waals surface area contributed by atoms with E-state index in [9.17, 15) is 17.6 Å². The molecule has 1 saturated carbocycles. The van der Waals surface area contributed by atoms with Crippen molar-refractivity contribution in [2.45, 2.75) is 26.2 Å². The lowest BCUT2D eigenvalue weighted by molar-refractivity contribution is 0.0977. The number of aryl methyl sites for hydroxylation is 1. The summed E-state index contributed by atoms with van der Waals surface area (Å²) in [6, 6.07) is 6.90. The predicted molar refractivity (Wildman–Crippen MR) is 106 cm³/mol. The van der Waals surface area contributed by atoms with Crippen molar-refractivity contribution in [2.75, 3.05) is 5.75 Å². The molecule has 9 heteroatoms. The molecule has 1 aliphatic carbocycles. The molecule has 0 saturated heterocycles. The first-order valence-corrected chi connectivity index (χ1v) is 11.0. The molecule has 0 unspecified atom stereocenters. The van der Waals surface area contributed by atoms with Gasteiger partial charge in [-0.2, -0.15) is 0 Å². The van der Waals surface area contributed by atoms with Crippen molar-refractivity contribution < 1.29 is 22.3 Å². The Labute approximate surface area is 172 Å². The van der Waals surface area contributed by atoms with Gasteiger partial charge in [0.1, 0.15) is 17.3 Å². The van der Waals surface area contributed by atoms with Crippen LogP contribution < -0.4 is 9.46 Å². The van der Waals surface area contributed by atoms with E-state index in [2.05, 4.69) is 0 Å². The molecule has 28 heavy (non-hydrogen) atoms. The minimum Gasteiger partial charge on any atom is -0.456 e. The van der Waals surface area contributed by atoms with E-state index in [0.29, 0.717) is 10.8 Å². The minimum absolute atomic E-state index is 0.0204. The van der Waals surface area contributed by atoms with E-state index in [1.807, 2.05) is 11.6 Å². The predicted octanol–water partition coefficient (Wildman–Crippen LogP) is 5.09. The molecule has 1 N–H and O–H groups in total. The van der Waals surface area contributed by atoms with E-state index in [-0.39, 0.29) is 22.4 Å². The fourth-order valence-electron chi connectivity index (χ4n) is 2.75. The number of carbonyl (C=O) groups is 1. The van der Waals surface area contributed by atoms with E-state index < -0.39 is 27.3 Å². The van der Waals surface area contributed by atoms with Crippen LogP contribution in [0, 0.1) is 18.7 Å². The Morgan fingerprint density at radius 2 is 1.93 bits per heavy atom. The van der Waals surface area contributed by atoms with E-state index in [0.717, 1.165) is 37.0 Å². The van der Waals surface area contributed by atoms with Crippen molar-refractivity contribution in [2.24, 2.45) is 5.92 Å². The number of halogens is 3. The van der Waals surface area contributed by atoms with Crippen molar-refractivity contribution in [1.82, 2.24) is 4.72 Å². The molecule has 0 atom stereocenters. The quantitative estimate of drug-likeness (QED) is 0.671. The molecule has 2 aromatic rings. The number of hydrogen-bond donors (Lipinski definition) is 1. The third-order valence-electron chi connectivity index (χ3n) is 4.57. The van der Waals surface area contributed by atoms with Gasteiger partial charge in [0.25, 0.3) is 5.91 Å². The second kappa shape index (κ2) is 8.27. The lowest BCUT2D eigenvalue weighted by atomic mass is 9.87. The monoisotopic (exact) mass is 445 g/mol. The first-order valence-electron chi connectivity index (χ1n) is 8.62. The van der Waals surface area contributed by atoms with Gasteiger partial charge in [0.15, 0.2) is 0 Å². The van der Waals surface area contributed by atoms with Gasteiger partial charge in [-0.05, 0) is 49.4 Å². The van der Waals surface area contributed by atoms with Crippen LogP contribution in [0.3, 0.4) is 0 Å². The zero-order chi connectivity index (χ0) is 20.5. The highest BCUT2D eigenvalue weighted by Gasteiger charge is 2.27. The molecule has 0 aliphatic heterocycles. The SMILES string of the molecule is Cc1ccc(Oc2cc(F)c(C(=O)NS(=O)(=O)CC3CCC3)cc2Cl)cc1Cl.